The van der Waals surface area contributed by atoms with Crippen molar-refractivity contribution in [3.63, 3.8) is 0 Å². The van der Waals surface area contributed by atoms with E-state index in [0.29, 0.717) is 18.2 Å². The first kappa shape index (κ1) is 16.6. The Morgan fingerprint density at radius 3 is 2.54 bits per heavy atom. The molecule has 1 amide bonds. The third kappa shape index (κ3) is 3.30. The second kappa shape index (κ2) is 7.07. The van der Waals surface area contributed by atoms with Gasteiger partial charge in [-0.1, -0.05) is 41.4 Å². The molecule has 122 valence electrons. The van der Waals surface area contributed by atoms with Crippen LogP contribution < -0.4 is 10.1 Å². The Kier molecular flexibility index (Phi) is 4.88. The Balaban J connectivity index is 1.99. The van der Waals surface area contributed by atoms with E-state index in [9.17, 15) is 4.79 Å². The number of para-hydroxylation sites is 1. The topological polar surface area (TPSA) is 51.2 Å². The number of benzene rings is 2. The monoisotopic (exact) mass is 360 g/mol. The van der Waals surface area contributed by atoms with Crippen LogP contribution >= 0.6 is 23.2 Å². The van der Waals surface area contributed by atoms with Crippen LogP contribution in [0.3, 0.4) is 0 Å². The lowest BCUT2D eigenvalue weighted by molar-refractivity contribution is 0.102. The maximum absolute atomic E-state index is 12.5. The third-order valence-corrected chi connectivity index (χ3v) is 4.04. The number of rotatable bonds is 4. The highest BCUT2D eigenvalue weighted by Gasteiger charge is 2.16. The van der Waals surface area contributed by atoms with Gasteiger partial charge in [-0.25, -0.2) is 4.98 Å². The Bertz CT molecular complexity index is 892. The highest BCUT2D eigenvalue weighted by molar-refractivity contribution is 6.40. The number of amides is 1. The molecule has 0 unspecified atom stereocenters. The van der Waals surface area contributed by atoms with Gasteiger partial charge in [0, 0.05) is 11.5 Å². The van der Waals surface area contributed by atoms with Crippen LogP contribution in [0, 0.1) is 0 Å². The van der Waals surface area contributed by atoms with Crippen LogP contribution in [0.2, 0.25) is 10.0 Å². The standard InChI is InChI=1S/C18H14Cl2N2O2/c1-2-24-15-10-16(21-14-9-4-3-6-11(14)15)22-18(23)17-12(19)7-5-8-13(17)20/h3-10H,2H2,1H3,(H,21,22,23). The van der Waals surface area contributed by atoms with Gasteiger partial charge in [-0.05, 0) is 31.2 Å². The van der Waals surface area contributed by atoms with Crippen molar-refractivity contribution in [2.24, 2.45) is 0 Å². The summed E-state index contributed by atoms with van der Waals surface area (Å²) >= 11 is 12.2. The van der Waals surface area contributed by atoms with E-state index < -0.39 is 5.91 Å². The summed E-state index contributed by atoms with van der Waals surface area (Å²) in [5, 5.41) is 4.18. The van der Waals surface area contributed by atoms with E-state index in [4.69, 9.17) is 27.9 Å². The molecular weight excluding hydrogens is 347 g/mol. The fourth-order valence-corrected chi connectivity index (χ4v) is 2.95. The highest BCUT2D eigenvalue weighted by atomic mass is 35.5. The second-order valence-corrected chi connectivity index (χ2v) is 5.82. The second-order valence-electron chi connectivity index (χ2n) is 5.01. The van der Waals surface area contributed by atoms with Crippen LogP contribution in [0.5, 0.6) is 5.75 Å². The van der Waals surface area contributed by atoms with Crippen molar-refractivity contribution in [3.8, 4) is 5.75 Å². The first-order chi connectivity index (χ1) is 11.6. The van der Waals surface area contributed by atoms with Crippen molar-refractivity contribution < 1.29 is 9.53 Å². The highest BCUT2D eigenvalue weighted by Crippen LogP contribution is 2.29. The van der Waals surface area contributed by atoms with Gasteiger partial charge in [-0.15, -0.1) is 0 Å². The number of nitrogens with zero attached hydrogens (tertiary/aromatic N) is 1. The number of carbonyl (C=O) groups is 1. The number of ether oxygens (including phenoxy) is 1. The maximum atomic E-state index is 12.5. The third-order valence-electron chi connectivity index (χ3n) is 3.41. The fraction of sp³-hybridized carbons (Fsp3) is 0.111. The number of hydrogen-bond donors (Lipinski definition) is 1. The lowest BCUT2D eigenvalue weighted by Gasteiger charge is -2.12. The summed E-state index contributed by atoms with van der Waals surface area (Å²) in [6.07, 6.45) is 0. The molecule has 0 aliphatic rings. The molecule has 0 bridgehead atoms. The van der Waals surface area contributed by atoms with Gasteiger partial charge in [-0.3, -0.25) is 4.79 Å². The first-order valence-electron chi connectivity index (χ1n) is 7.38. The number of anilines is 1. The van der Waals surface area contributed by atoms with E-state index in [0.717, 1.165) is 10.9 Å². The number of fused-ring (bicyclic) bond motifs is 1. The SMILES string of the molecule is CCOc1cc(NC(=O)c2c(Cl)cccc2Cl)nc2ccccc12. The smallest absolute Gasteiger partial charge is 0.259 e. The molecule has 0 fully saturated rings. The molecule has 6 heteroatoms. The van der Waals surface area contributed by atoms with Gasteiger partial charge >= 0.3 is 0 Å². The predicted octanol–water partition coefficient (Wildman–Crippen LogP) is 5.19. The summed E-state index contributed by atoms with van der Waals surface area (Å²) in [6, 6.07) is 14.2. The number of halogens is 2. The lowest BCUT2D eigenvalue weighted by atomic mass is 10.2. The summed E-state index contributed by atoms with van der Waals surface area (Å²) in [5.41, 5.74) is 0.942. The zero-order valence-electron chi connectivity index (χ0n) is 12.8. The van der Waals surface area contributed by atoms with Gasteiger partial charge in [0.05, 0.1) is 27.7 Å². The number of aromatic nitrogens is 1. The van der Waals surface area contributed by atoms with Crippen molar-refractivity contribution >= 4 is 45.8 Å². The Morgan fingerprint density at radius 2 is 1.83 bits per heavy atom. The molecule has 1 aromatic heterocycles. The van der Waals surface area contributed by atoms with Crippen molar-refractivity contribution in [1.82, 2.24) is 4.98 Å². The van der Waals surface area contributed by atoms with Gasteiger partial charge < -0.3 is 10.1 Å². The van der Waals surface area contributed by atoms with E-state index in [-0.39, 0.29) is 15.6 Å². The molecule has 0 saturated carbocycles. The molecule has 0 aliphatic carbocycles. The maximum Gasteiger partial charge on any atom is 0.259 e. The van der Waals surface area contributed by atoms with E-state index in [1.165, 1.54) is 0 Å². The van der Waals surface area contributed by atoms with Gasteiger partial charge in [0.2, 0.25) is 0 Å². The minimum Gasteiger partial charge on any atom is -0.493 e. The lowest BCUT2D eigenvalue weighted by Crippen LogP contribution is -2.14. The zero-order chi connectivity index (χ0) is 17.1. The quantitative estimate of drug-likeness (QED) is 0.696. The average molecular weight is 361 g/mol. The summed E-state index contributed by atoms with van der Waals surface area (Å²) < 4.78 is 5.65. The van der Waals surface area contributed by atoms with Gasteiger partial charge in [0.25, 0.3) is 5.91 Å². The Hall–Kier alpha value is -2.30. The van der Waals surface area contributed by atoms with Crippen LogP contribution in [0.4, 0.5) is 5.82 Å². The molecule has 0 aliphatic heterocycles. The van der Waals surface area contributed by atoms with Crippen LogP contribution in [0.1, 0.15) is 17.3 Å². The molecule has 0 saturated heterocycles. The molecule has 1 heterocycles. The zero-order valence-corrected chi connectivity index (χ0v) is 14.4. The molecule has 1 N–H and O–H groups in total. The number of hydrogen-bond acceptors (Lipinski definition) is 3. The number of carbonyl (C=O) groups excluding carboxylic acids is 1. The molecule has 3 aromatic rings. The summed E-state index contributed by atoms with van der Waals surface area (Å²) in [5.74, 6) is 0.609. The largest absolute Gasteiger partial charge is 0.493 e. The van der Waals surface area contributed by atoms with Gasteiger partial charge in [0.15, 0.2) is 0 Å². The van der Waals surface area contributed by atoms with Crippen molar-refractivity contribution in [2.75, 3.05) is 11.9 Å². The minimum absolute atomic E-state index is 0.216. The Morgan fingerprint density at radius 1 is 1.12 bits per heavy atom. The Labute approximate surface area is 149 Å². The molecule has 0 atom stereocenters. The van der Waals surface area contributed by atoms with Crippen molar-refractivity contribution in [2.45, 2.75) is 6.92 Å². The van der Waals surface area contributed by atoms with Crippen LogP contribution in [-0.2, 0) is 0 Å². The number of pyridine rings is 1. The van der Waals surface area contributed by atoms with E-state index in [2.05, 4.69) is 10.3 Å². The first-order valence-corrected chi connectivity index (χ1v) is 8.13. The molecule has 4 nitrogen and oxygen atoms in total. The molecule has 24 heavy (non-hydrogen) atoms. The van der Waals surface area contributed by atoms with Crippen molar-refractivity contribution in [3.05, 3.63) is 64.1 Å². The van der Waals surface area contributed by atoms with Crippen molar-refractivity contribution in [1.29, 1.82) is 0 Å². The van der Waals surface area contributed by atoms with Gasteiger partial charge in [-0.2, -0.15) is 0 Å². The summed E-state index contributed by atoms with van der Waals surface area (Å²) in [7, 11) is 0. The molecular formula is C18H14Cl2N2O2. The average Bonchev–Trinajstić information content (AvgIpc) is 2.55. The summed E-state index contributed by atoms with van der Waals surface area (Å²) in [4.78, 5) is 16.9. The van der Waals surface area contributed by atoms with E-state index in [1.54, 1.807) is 24.3 Å². The van der Waals surface area contributed by atoms with E-state index >= 15 is 0 Å². The van der Waals surface area contributed by atoms with Crippen LogP contribution in [0.15, 0.2) is 48.5 Å². The molecule has 0 radical (unpaired) electrons. The molecule has 0 spiro atoms. The normalized spacial score (nSPS) is 10.6. The van der Waals surface area contributed by atoms with Crippen LogP contribution in [0.25, 0.3) is 10.9 Å². The molecule has 3 rings (SSSR count). The van der Waals surface area contributed by atoms with E-state index in [1.807, 2.05) is 31.2 Å². The minimum atomic E-state index is -0.421. The molecule has 2 aromatic carbocycles. The predicted molar refractivity (Wildman–Crippen MR) is 97.3 cm³/mol. The summed E-state index contributed by atoms with van der Waals surface area (Å²) in [6.45, 7) is 2.41. The number of nitrogens with one attached hydrogen (secondary N) is 1. The van der Waals surface area contributed by atoms with Gasteiger partial charge in [0.1, 0.15) is 11.6 Å². The van der Waals surface area contributed by atoms with Crippen LogP contribution in [-0.4, -0.2) is 17.5 Å². The fourth-order valence-electron chi connectivity index (χ4n) is 2.38.